The fraction of sp³-hybridized carbons (Fsp3) is 0.161. The number of aromatic nitrogens is 2. The molecule has 5 rings (SSSR count). The van der Waals surface area contributed by atoms with E-state index in [9.17, 15) is 4.79 Å². The number of rotatable bonds is 9. The van der Waals surface area contributed by atoms with E-state index in [4.69, 9.17) is 20.8 Å². The summed E-state index contributed by atoms with van der Waals surface area (Å²) in [5.41, 5.74) is 3.40. The number of amides is 1. The lowest BCUT2D eigenvalue weighted by molar-refractivity contribution is 0.0992. The third-order valence-corrected chi connectivity index (χ3v) is 6.75. The number of furan rings is 1. The zero-order valence-electron chi connectivity index (χ0n) is 21.2. The maximum atomic E-state index is 12.7. The molecule has 0 saturated carbocycles. The monoisotopic (exact) mass is 525 g/mol. The number of carbonyl (C=O) groups is 1. The Morgan fingerprint density at radius 3 is 2.29 bits per heavy atom. The van der Waals surface area contributed by atoms with E-state index in [2.05, 4.69) is 60.7 Å². The van der Waals surface area contributed by atoms with Crippen molar-refractivity contribution in [3.63, 3.8) is 0 Å². The van der Waals surface area contributed by atoms with Crippen LogP contribution in [0.25, 0.3) is 0 Å². The summed E-state index contributed by atoms with van der Waals surface area (Å²) in [6, 6.07) is 31.7. The van der Waals surface area contributed by atoms with E-state index in [1.165, 1.54) is 11.1 Å². The quantitative estimate of drug-likeness (QED) is 0.218. The van der Waals surface area contributed by atoms with Gasteiger partial charge < -0.3 is 14.5 Å². The third-order valence-electron chi connectivity index (χ3n) is 6.47. The maximum absolute atomic E-state index is 12.7. The molecule has 192 valence electrons. The van der Waals surface area contributed by atoms with Crippen molar-refractivity contribution in [2.75, 3.05) is 5.32 Å². The van der Waals surface area contributed by atoms with Crippen molar-refractivity contribution in [1.82, 2.24) is 9.78 Å². The maximum Gasteiger partial charge on any atom is 0.292 e. The second-order valence-corrected chi connectivity index (χ2v) is 9.94. The summed E-state index contributed by atoms with van der Waals surface area (Å²) in [5, 5.41) is 7.45. The van der Waals surface area contributed by atoms with Gasteiger partial charge in [-0.3, -0.25) is 9.48 Å². The normalized spacial score (nSPS) is 11.3. The number of nitrogens with one attached hydrogen (secondary N) is 1. The Labute approximate surface area is 226 Å². The highest BCUT2D eigenvalue weighted by Crippen LogP contribution is 2.32. The van der Waals surface area contributed by atoms with Crippen molar-refractivity contribution >= 4 is 23.3 Å². The van der Waals surface area contributed by atoms with Gasteiger partial charge in [0.2, 0.25) is 0 Å². The molecule has 0 aliphatic carbocycles. The van der Waals surface area contributed by atoms with Gasteiger partial charge in [0.1, 0.15) is 23.1 Å². The van der Waals surface area contributed by atoms with Gasteiger partial charge in [0.15, 0.2) is 11.6 Å². The molecule has 2 heterocycles. The fourth-order valence-electron chi connectivity index (χ4n) is 4.22. The van der Waals surface area contributed by atoms with Crippen molar-refractivity contribution in [1.29, 1.82) is 0 Å². The molecule has 1 amide bonds. The van der Waals surface area contributed by atoms with Crippen LogP contribution >= 0.6 is 11.6 Å². The number of hydrogen-bond donors (Lipinski definition) is 1. The standard InChI is InChI=1S/C31H28ClN3O3/c1-31(2,23-11-7-4-8-12-23)24-13-15-25(16-14-24)37-21-26-17-18-28(38-26)30(36)33-29-27(32)20-35(34-29)19-22-9-5-3-6-10-22/h3-18,20H,19,21H2,1-2H3,(H,33,34,36). The summed E-state index contributed by atoms with van der Waals surface area (Å²) in [6.45, 7) is 5.15. The number of carbonyl (C=O) groups excluding carboxylic acids is 1. The van der Waals surface area contributed by atoms with Crippen molar-refractivity contribution in [3.8, 4) is 5.75 Å². The van der Waals surface area contributed by atoms with Crippen molar-refractivity contribution < 1.29 is 13.9 Å². The van der Waals surface area contributed by atoms with Gasteiger partial charge in [-0.2, -0.15) is 5.10 Å². The summed E-state index contributed by atoms with van der Waals surface area (Å²) in [6.07, 6.45) is 1.68. The lowest BCUT2D eigenvalue weighted by Crippen LogP contribution is -2.18. The van der Waals surface area contributed by atoms with Crippen molar-refractivity contribution in [2.24, 2.45) is 0 Å². The fourth-order valence-corrected chi connectivity index (χ4v) is 4.42. The van der Waals surface area contributed by atoms with Crippen LogP contribution in [-0.4, -0.2) is 15.7 Å². The number of hydrogen-bond acceptors (Lipinski definition) is 4. The second-order valence-electron chi connectivity index (χ2n) is 9.53. The SMILES string of the molecule is CC(C)(c1ccccc1)c1ccc(OCc2ccc(C(=O)Nc3nn(Cc4ccccc4)cc3Cl)o2)cc1. The molecule has 38 heavy (non-hydrogen) atoms. The molecule has 0 radical (unpaired) electrons. The van der Waals surface area contributed by atoms with Crippen LogP contribution in [0, 0.1) is 0 Å². The minimum absolute atomic E-state index is 0.122. The Morgan fingerprint density at radius 2 is 1.58 bits per heavy atom. The Morgan fingerprint density at radius 1 is 0.921 bits per heavy atom. The average Bonchev–Trinajstić information content (AvgIpc) is 3.55. The van der Waals surface area contributed by atoms with Gasteiger partial charge in [0.25, 0.3) is 5.91 Å². The molecule has 0 aliphatic heterocycles. The molecule has 0 fully saturated rings. The lowest BCUT2D eigenvalue weighted by atomic mass is 9.78. The molecule has 0 aliphatic rings. The summed E-state index contributed by atoms with van der Waals surface area (Å²) >= 11 is 6.29. The predicted octanol–water partition coefficient (Wildman–Crippen LogP) is 7.34. The van der Waals surface area contributed by atoms with Gasteiger partial charge in [0.05, 0.1) is 6.54 Å². The lowest BCUT2D eigenvalue weighted by Gasteiger charge is -2.26. The third kappa shape index (κ3) is 5.82. The zero-order valence-corrected chi connectivity index (χ0v) is 22.0. The first-order chi connectivity index (χ1) is 18.4. The number of anilines is 1. The van der Waals surface area contributed by atoms with Crippen molar-refractivity contribution in [3.05, 3.63) is 136 Å². The minimum Gasteiger partial charge on any atom is -0.486 e. The molecule has 0 bridgehead atoms. The molecule has 2 aromatic heterocycles. The van der Waals surface area contributed by atoms with E-state index < -0.39 is 5.91 Å². The van der Waals surface area contributed by atoms with E-state index >= 15 is 0 Å². The van der Waals surface area contributed by atoms with Gasteiger partial charge in [-0.15, -0.1) is 0 Å². The average molecular weight is 526 g/mol. The molecule has 0 spiro atoms. The van der Waals surface area contributed by atoms with Crippen LogP contribution in [0.3, 0.4) is 0 Å². The van der Waals surface area contributed by atoms with Crippen LogP contribution in [0.4, 0.5) is 5.82 Å². The van der Waals surface area contributed by atoms with E-state index in [0.717, 1.165) is 11.3 Å². The van der Waals surface area contributed by atoms with Gasteiger partial charge >= 0.3 is 0 Å². The van der Waals surface area contributed by atoms with E-state index in [1.54, 1.807) is 23.0 Å². The number of ether oxygens (including phenoxy) is 1. The zero-order chi connectivity index (χ0) is 26.5. The summed E-state index contributed by atoms with van der Waals surface area (Å²) in [4.78, 5) is 12.7. The van der Waals surface area contributed by atoms with Crippen LogP contribution in [0.1, 0.15) is 46.9 Å². The van der Waals surface area contributed by atoms with Crippen LogP contribution in [0.5, 0.6) is 5.75 Å². The summed E-state index contributed by atoms with van der Waals surface area (Å²) in [7, 11) is 0. The largest absolute Gasteiger partial charge is 0.486 e. The van der Waals surface area contributed by atoms with Crippen LogP contribution < -0.4 is 10.1 Å². The predicted molar refractivity (Wildman–Crippen MR) is 149 cm³/mol. The highest BCUT2D eigenvalue weighted by Gasteiger charge is 2.22. The van der Waals surface area contributed by atoms with Gasteiger partial charge in [-0.05, 0) is 41.0 Å². The number of halogens is 1. The van der Waals surface area contributed by atoms with Crippen LogP contribution in [-0.2, 0) is 18.6 Å². The van der Waals surface area contributed by atoms with Gasteiger partial charge in [0, 0.05) is 11.6 Å². The van der Waals surface area contributed by atoms with Crippen LogP contribution in [0.2, 0.25) is 5.02 Å². The van der Waals surface area contributed by atoms with E-state index in [1.807, 2.05) is 48.5 Å². The second kappa shape index (κ2) is 11.0. The minimum atomic E-state index is -0.435. The smallest absolute Gasteiger partial charge is 0.292 e. The molecular weight excluding hydrogens is 498 g/mol. The first-order valence-electron chi connectivity index (χ1n) is 12.3. The molecule has 0 atom stereocenters. The Hall–Kier alpha value is -4.29. The molecule has 0 saturated heterocycles. The Bertz CT molecular complexity index is 1510. The first-order valence-corrected chi connectivity index (χ1v) is 12.7. The van der Waals surface area contributed by atoms with Crippen molar-refractivity contribution in [2.45, 2.75) is 32.4 Å². The highest BCUT2D eigenvalue weighted by molar-refractivity contribution is 6.33. The van der Waals surface area contributed by atoms with E-state index in [0.29, 0.717) is 17.3 Å². The van der Waals surface area contributed by atoms with Gasteiger partial charge in [-0.25, -0.2) is 0 Å². The Kier molecular flexibility index (Phi) is 7.33. The Balaban J connectivity index is 1.17. The summed E-state index contributed by atoms with van der Waals surface area (Å²) in [5.74, 6) is 1.24. The molecule has 3 aromatic carbocycles. The highest BCUT2D eigenvalue weighted by atomic mass is 35.5. The number of nitrogens with zero attached hydrogens (tertiary/aromatic N) is 2. The molecular formula is C31H28ClN3O3. The topological polar surface area (TPSA) is 69.3 Å². The molecule has 5 aromatic rings. The molecule has 0 unspecified atom stereocenters. The van der Waals surface area contributed by atoms with E-state index in [-0.39, 0.29) is 23.6 Å². The molecule has 7 heteroatoms. The van der Waals surface area contributed by atoms with Gasteiger partial charge in [-0.1, -0.05) is 98.2 Å². The van der Waals surface area contributed by atoms with Crippen LogP contribution in [0.15, 0.2) is 108 Å². The first kappa shape index (κ1) is 25.4. The molecule has 6 nitrogen and oxygen atoms in total. The number of benzene rings is 3. The molecule has 1 N–H and O–H groups in total. The summed E-state index contributed by atoms with van der Waals surface area (Å²) < 4.78 is 13.3.